The molecule has 0 radical (unpaired) electrons. The molecular weight excluding hydrogens is 480 g/mol. The molecule has 0 aromatic carbocycles. The van der Waals surface area contributed by atoms with Crippen molar-refractivity contribution >= 4 is 0 Å². The predicted molar refractivity (Wildman–Crippen MR) is 197 cm³/mol. The van der Waals surface area contributed by atoms with Crippen LogP contribution < -0.4 is 0 Å². The highest BCUT2D eigenvalue weighted by atomic mass is 14.2. The fraction of sp³-hybridized carbons (Fsp3) is 1.00. The van der Waals surface area contributed by atoms with E-state index in [2.05, 4.69) is 138 Å². The van der Waals surface area contributed by atoms with E-state index < -0.39 is 0 Å². The van der Waals surface area contributed by atoms with Gasteiger partial charge < -0.3 is 0 Å². The van der Waals surface area contributed by atoms with Crippen LogP contribution in [0, 0.1) is 28.1 Å². The third kappa shape index (κ3) is 66.4. The minimum absolute atomic E-state index is 0.550. The number of hydrogen-bond acceptors (Lipinski definition) is 0. The van der Waals surface area contributed by atoms with Crippen molar-refractivity contribution in [1.82, 2.24) is 0 Å². The highest BCUT2D eigenvalue weighted by Gasteiger charge is 2.12. The van der Waals surface area contributed by atoms with Gasteiger partial charge in [-0.05, 0) is 40.9 Å². The Morgan fingerprint density at radius 2 is 0.750 bits per heavy atom. The first kappa shape index (κ1) is 52.6. The fourth-order valence-corrected chi connectivity index (χ4v) is 3.19. The third-order valence-electron chi connectivity index (χ3n) is 8.38. The van der Waals surface area contributed by atoms with E-state index >= 15 is 0 Å². The van der Waals surface area contributed by atoms with Gasteiger partial charge in [0.1, 0.15) is 0 Å². The zero-order chi connectivity index (χ0) is 33.3. The molecule has 252 valence electrons. The van der Waals surface area contributed by atoms with Gasteiger partial charge in [0, 0.05) is 0 Å². The van der Waals surface area contributed by atoms with Crippen LogP contribution in [0.5, 0.6) is 0 Å². The molecule has 0 saturated carbocycles. The summed E-state index contributed by atoms with van der Waals surface area (Å²) >= 11 is 0. The number of hydrogen-bond donors (Lipinski definition) is 0. The van der Waals surface area contributed by atoms with Crippen molar-refractivity contribution in [3.8, 4) is 0 Å². The van der Waals surface area contributed by atoms with Crippen LogP contribution in [-0.4, -0.2) is 0 Å². The normalized spacial score (nSPS) is 11.6. The van der Waals surface area contributed by atoms with E-state index in [0.29, 0.717) is 16.2 Å². The largest absolute Gasteiger partial charge is 0.0654 e. The summed E-state index contributed by atoms with van der Waals surface area (Å²) in [5, 5.41) is 0. The summed E-state index contributed by atoms with van der Waals surface area (Å²) in [7, 11) is 0. The first-order chi connectivity index (χ1) is 18.3. The maximum atomic E-state index is 2.33. The SMILES string of the molecule is CCC(C)(C)CC.CCC(C)CC.CCCC(C)(C)C.CCCC(C)(C)CC.CCCC(C)CC.CCCCC. The van der Waals surface area contributed by atoms with E-state index in [-0.39, 0.29) is 0 Å². The summed E-state index contributed by atoms with van der Waals surface area (Å²) < 4.78 is 0. The van der Waals surface area contributed by atoms with Gasteiger partial charge in [0.15, 0.2) is 0 Å². The van der Waals surface area contributed by atoms with Gasteiger partial charge in [-0.3, -0.25) is 0 Å². The zero-order valence-corrected chi connectivity index (χ0v) is 33.3. The molecule has 0 saturated heterocycles. The standard InChI is InChI=1S/C8H18.3C7H16.C6H14.C5H12/c1-5-7-8(3,4)6-2;1-5-6-7(2,3)4;1-5-7(3,4)6-2;1-4-6-7(3)5-2;1-4-6(3)5-2;1-3-5-4-2/h5-7H2,1-4H3;2*5-6H2,1-4H3;7H,4-6H2,1-3H3;6H,4-5H2,1-3H3;3-5H2,1-2H3. The summed E-state index contributed by atoms with van der Waals surface area (Å²) in [4.78, 5) is 0. The second-order valence-electron chi connectivity index (χ2n) is 15.0. The van der Waals surface area contributed by atoms with Crippen LogP contribution >= 0.6 is 0 Å². The molecule has 0 spiro atoms. The van der Waals surface area contributed by atoms with Crippen molar-refractivity contribution in [1.29, 1.82) is 0 Å². The van der Waals surface area contributed by atoms with E-state index in [4.69, 9.17) is 0 Å². The third-order valence-corrected chi connectivity index (χ3v) is 8.38. The molecule has 0 aromatic rings. The molecule has 40 heavy (non-hydrogen) atoms. The van der Waals surface area contributed by atoms with Crippen LogP contribution in [0.25, 0.3) is 0 Å². The monoisotopic (exact) mass is 573 g/mol. The summed E-state index contributed by atoms with van der Waals surface area (Å²) in [6, 6.07) is 0. The molecule has 0 aliphatic rings. The molecule has 0 rings (SSSR count). The second kappa shape index (κ2) is 37.0. The maximum Gasteiger partial charge on any atom is -0.0357 e. The Kier molecular flexibility index (Phi) is 48.7. The van der Waals surface area contributed by atoms with Gasteiger partial charge in [0.25, 0.3) is 0 Å². The zero-order valence-electron chi connectivity index (χ0n) is 33.3. The van der Waals surface area contributed by atoms with Crippen LogP contribution in [0.15, 0.2) is 0 Å². The van der Waals surface area contributed by atoms with Gasteiger partial charge in [-0.2, -0.15) is 0 Å². The van der Waals surface area contributed by atoms with Crippen LogP contribution in [0.2, 0.25) is 0 Å². The average Bonchev–Trinajstić information content (AvgIpc) is 2.90. The van der Waals surface area contributed by atoms with E-state index in [1.807, 2.05) is 0 Å². The molecule has 1 atom stereocenters. The minimum Gasteiger partial charge on any atom is -0.0654 e. The van der Waals surface area contributed by atoms with Crippen LogP contribution in [0.1, 0.15) is 235 Å². The van der Waals surface area contributed by atoms with Crippen molar-refractivity contribution in [3.63, 3.8) is 0 Å². The molecule has 0 nitrogen and oxygen atoms in total. The van der Waals surface area contributed by atoms with Gasteiger partial charge in [-0.25, -0.2) is 0 Å². The van der Waals surface area contributed by atoms with Crippen LogP contribution in [-0.2, 0) is 0 Å². The predicted octanol–water partition coefficient (Wildman–Crippen LogP) is 16.4. The quantitative estimate of drug-likeness (QED) is 0.206. The van der Waals surface area contributed by atoms with Gasteiger partial charge in [0.2, 0.25) is 0 Å². The molecule has 0 fully saturated rings. The summed E-state index contributed by atoms with van der Waals surface area (Å²) in [6.07, 6.45) is 20.0. The Balaban J connectivity index is -0.0000000872. The Bertz CT molecular complexity index is 383. The molecule has 1 unspecified atom stereocenters. The molecule has 0 aliphatic heterocycles. The van der Waals surface area contributed by atoms with Gasteiger partial charge in [0.05, 0.1) is 0 Å². The lowest BCUT2D eigenvalue weighted by Crippen LogP contribution is -2.07. The van der Waals surface area contributed by atoms with Gasteiger partial charge >= 0.3 is 0 Å². The Labute approximate surface area is 262 Å². The molecule has 0 heterocycles. The topological polar surface area (TPSA) is 0 Å². The van der Waals surface area contributed by atoms with Gasteiger partial charge in [-0.1, -0.05) is 222 Å². The minimum atomic E-state index is 0.550. The van der Waals surface area contributed by atoms with E-state index in [1.54, 1.807) is 0 Å². The van der Waals surface area contributed by atoms with Crippen molar-refractivity contribution < 1.29 is 0 Å². The first-order valence-electron chi connectivity index (χ1n) is 18.3. The average molecular weight is 573 g/mol. The maximum absolute atomic E-state index is 2.33. The lowest BCUT2D eigenvalue weighted by molar-refractivity contribution is 0.319. The van der Waals surface area contributed by atoms with Crippen LogP contribution in [0.4, 0.5) is 0 Å². The molecule has 0 amide bonds. The lowest BCUT2D eigenvalue weighted by Gasteiger charge is -2.20. The molecule has 0 aliphatic carbocycles. The van der Waals surface area contributed by atoms with E-state index in [9.17, 15) is 0 Å². The number of unbranched alkanes of at least 4 members (excludes halogenated alkanes) is 2. The fourth-order valence-electron chi connectivity index (χ4n) is 3.19. The smallest absolute Gasteiger partial charge is 0.0357 e. The van der Waals surface area contributed by atoms with Crippen molar-refractivity contribution in [3.05, 3.63) is 0 Å². The summed E-state index contributed by atoms with van der Waals surface area (Å²) in [5.41, 5.74) is 1.73. The van der Waals surface area contributed by atoms with Gasteiger partial charge in [-0.15, -0.1) is 0 Å². The van der Waals surface area contributed by atoms with Crippen molar-refractivity contribution in [2.45, 2.75) is 235 Å². The summed E-state index contributed by atoms with van der Waals surface area (Å²) in [6.45, 7) is 45.3. The van der Waals surface area contributed by atoms with Crippen LogP contribution in [0.3, 0.4) is 0 Å². The molecule has 0 N–H and O–H groups in total. The molecular formula is C40H92. The highest BCUT2D eigenvalue weighted by molar-refractivity contribution is 4.64. The van der Waals surface area contributed by atoms with E-state index in [0.717, 1.165) is 11.8 Å². The lowest BCUT2D eigenvalue weighted by atomic mass is 9.86. The highest BCUT2D eigenvalue weighted by Crippen LogP contribution is 2.25. The Hall–Kier alpha value is 0. The summed E-state index contributed by atoms with van der Waals surface area (Å²) in [5.74, 6) is 1.88. The number of rotatable bonds is 13. The Morgan fingerprint density at radius 3 is 0.800 bits per heavy atom. The second-order valence-corrected chi connectivity index (χ2v) is 15.0. The van der Waals surface area contributed by atoms with E-state index in [1.165, 1.54) is 96.3 Å². The molecule has 0 heteroatoms. The Morgan fingerprint density at radius 1 is 0.400 bits per heavy atom. The first-order valence-corrected chi connectivity index (χ1v) is 18.3. The van der Waals surface area contributed by atoms with Crippen molar-refractivity contribution in [2.24, 2.45) is 28.1 Å². The molecule has 0 aromatic heterocycles. The van der Waals surface area contributed by atoms with Crippen molar-refractivity contribution in [2.75, 3.05) is 0 Å². The molecule has 0 bridgehead atoms.